The summed E-state index contributed by atoms with van der Waals surface area (Å²) in [4.78, 5) is 17.4. The van der Waals surface area contributed by atoms with Crippen LogP contribution in [0.4, 0.5) is 37.8 Å². The predicted molar refractivity (Wildman–Crippen MR) is 159 cm³/mol. The van der Waals surface area contributed by atoms with Gasteiger partial charge in [0.15, 0.2) is 5.82 Å². The summed E-state index contributed by atoms with van der Waals surface area (Å²) in [6, 6.07) is -0.0836. The Morgan fingerprint density at radius 3 is 2.67 bits per heavy atom. The van der Waals surface area contributed by atoms with Crippen molar-refractivity contribution in [1.29, 1.82) is 0 Å². The van der Waals surface area contributed by atoms with Gasteiger partial charge in [0.2, 0.25) is 5.88 Å². The minimum atomic E-state index is -5.06. The van der Waals surface area contributed by atoms with Gasteiger partial charge in [0.05, 0.1) is 17.3 Å². The molecule has 6 atom stereocenters. The molecule has 4 aliphatic rings. The van der Waals surface area contributed by atoms with Gasteiger partial charge < -0.3 is 25.4 Å². The van der Waals surface area contributed by atoms with E-state index in [0.29, 0.717) is 13.1 Å². The van der Waals surface area contributed by atoms with Gasteiger partial charge in [-0.25, -0.2) is 18.2 Å². The van der Waals surface area contributed by atoms with Crippen molar-refractivity contribution in [1.82, 2.24) is 25.2 Å². The van der Waals surface area contributed by atoms with Crippen molar-refractivity contribution in [3.8, 4) is 23.1 Å². The highest BCUT2D eigenvalue weighted by atomic mass is 19.4. The van der Waals surface area contributed by atoms with Crippen molar-refractivity contribution < 1.29 is 35.8 Å². The Morgan fingerprint density at radius 1 is 1.15 bits per heavy atom. The number of hydrogen-bond donors (Lipinski definition) is 2. The Morgan fingerprint density at radius 2 is 1.93 bits per heavy atom. The number of nitrogens with one attached hydrogen (secondary N) is 1. The highest BCUT2D eigenvalue weighted by Gasteiger charge is 2.45. The lowest BCUT2D eigenvalue weighted by atomic mass is 9.96. The van der Waals surface area contributed by atoms with Crippen LogP contribution in [0.1, 0.15) is 50.7 Å². The van der Waals surface area contributed by atoms with Crippen LogP contribution in [0.25, 0.3) is 22.2 Å². The SMILES string of the molecule is CC[C@@H]1CN2c3nc(OC[C@@H]4C[C@@H](F)[C@H]5CCCN45)nc4c(F)c(-c5cc(N)c(F)c(C)c5C(F)(F)F)nc(c34)O[C@@H](C)[C@@H]2CN1. The topological polar surface area (TPSA) is 102 Å². The highest BCUT2D eigenvalue weighted by molar-refractivity contribution is 5.97. The number of nitrogens with two attached hydrogens (primary N) is 1. The summed E-state index contributed by atoms with van der Waals surface area (Å²) in [7, 11) is 0. The van der Waals surface area contributed by atoms with Crippen molar-refractivity contribution in [3.05, 3.63) is 28.8 Å². The second kappa shape index (κ2) is 11.3. The van der Waals surface area contributed by atoms with Crippen LogP contribution in [0.3, 0.4) is 0 Å². The molecular weight excluding hydrogens is 616 g/mol. The van der Waals surface area contributed by atoms with Gasteiger partial charge in [0.1, 0.15) is 47.1 Å². The minimum absolute atomic E-state index is 0.0513. The first-order chi connectivity index (χ1) is 21.9. The summed E-state index contributed by atoms with van der Waals surface area (Å²) in [5.41, 5.74) is 1.12. The third kappa shape index (κ3) is 4.97. The van der Waals surface area contributed by atoms with Gasteiger partial charge in [-0.1, -0.05) is 6.92 Å². The lowest BCUT2D eigenvalue weighted by molar-refractivity contribution is -0.137. The molecule has 0 amide bonds. The molecule has 3 saturated heterocycles. The summed E-state index contributed by atoms with van der Waals surface area (Å²) < 4.78 is 101. The van der Waals surface area contributed by atoms with Crippen molar-refractivity contribution in [2.24, 2.45) is 0 Å². The summed E-state index contributed by atoms with van der Waals surface area (Å²) >= 11 is 0. The van der Waals surface area contributed by atoms with Crippen LogP contribution in [0.2, 0.25) is 0 Å². The van der Waals surface area contributed by atoms with Crippen LogP contribution >= 0.6 is 0 Å². The van der Waals surface area contributed by atoms with Crippen LogP contribution in [0, 0.1) is 18.6 Å². The molecule has 1 aromatic carbocycles. The standard InChI is InChI=1S/C31H35F6N7O2/c1-4-15-11-44-21(10-39-15)14(3)46-29-22-27(25(34)26(40-29)17-9-19(38)24(33)13(2)23(17)31(35,36)37)41-30(42-28(22)44)45-12-16-8-18(32)20-6-5-7-43(16)20/h9,14-16,18,20-21,39H,4-8,10-12,38H2,1-3H3/t14-,15+,16-,18+,20+,21-/m0/s1. The molecule has 9 nitrogen and oxygen atoms in total. The molecule has 15 heteroatoms. The summed E-state index contributed by atoms with van der Waals surface area (Å²) in [6.45, 7) is 6.52. The van der Waals surface area contributed by atoms with Crippen molar-refractivity contribution in [3.63, 3.8) is 0 Å². The smallest absolute Gasteiger partial charge is 0.417 e. The first-order valence-corrected chi connectivity index (χ1v) is 15.6. The van der Waals surface area contributed by atoms with E-state index in [1.165, 1.54) is 0 Å². The Kier molecular flexibility index (Phi) is 7.61. The Balaban J connectivity index is 1.41. The quantitative estimate of drug-likeness (QED) is 0.286. The van der Waals surface area contributed by atoms with Crippen molar-refractivity contribution >= 4 is 22.4 Å². The second-order valence-corrected chi connectivity index (χ2v) is 12.7. The van der Waals surface area contributed by atoms with Gasteiger partial charge in [-0.05, 0) is 57.7 Å². The van der Waals surface area contributed by atoms with Gasteiger partial charge in [-0.2, -0.15) is 23.1 Å². The number of ether oxygens (including phenoxy) is 2. The zero-order valence-electron chi connectivity index (χ0n) is 25.6. The zero-order valence-corrected chi connectivity index (χ0v) is 25.6. The van der Waals surface area contributed by atoms with E-state index in [1.54, 1.807) is 6.92 Å². The molecule has 3 aromatic rings. The summed E-state index contributed by atoms with van der Waals surface area (Å²) in [6.07, 6.45) is -3.85. The number of benzene rings is 1. The average molecular weight is 652 g/mol. The number of pyridine rings is 1. The van der Waals surface area contributed by atoms with E-state index >= 15 is 4.39 Å². The van der Waals surface area contributed by atoms with Gasteiger partial charge in [0.25, 0.3) is 0 Å². The number of fused-ring (bicyclic) bond motifs is 3. The zero-order chi connectivity index (χ0) is 32.7. The minimum Gasteiger partial charge on any atom is -0.472 e. The first-order valence-electron chi connectivity index (χ1n) is 15.6. The van der Waals surface area contributed by atoms with Gasteiger partial charge in [-0.15, -0.1) is 0 Å². The average Bonchev–Trinajstić information content (AvgIpc) is 3.59. The number of nitrogen functional groups attached to an aromatic ring is 1. The maximum Gasteiger partial charge on any atom is 0.417 e. The van der Waals surface area contributed by atoms with Gasteiger partial charge in [0, 0.05) is 36.8 Å². The summed E-state index contributed by atoms with van der Waals surface area (Å²) in [5, 5.41) is 3.56. The van der Waals surface area contributed by atoms with Crippen LogP contribution in [-0.2, 0) is 6.18 Å². The molecule has 0 spiro atoms. The number of rotatable bonds is 5. The Hall–Kier alpha value is -3.59. The third-order valence-corrected chi connectivity index (χ3v) is 9.95. The molecule has 46 heavy (non-hydrogen) atoms. The number of anilines is 2. The molecule has 2 aromatic heterocycles. The molecule has 7 rings (SSSR count). The Bertz CT molecular complexity index is 1690. The molecule has 4 aliphatic heterocycles. The lowest BCUT2D eigenvalue weighted by Gasteiger charge is -2.42. The molecule has 0 radical (unpaired) electrons. The lowest BCUT2D eigenvalue weighted by Crippen LogP contribution is -2.60. The maximum atomic E-state index is 16.7. The van der Waals surface area contributed by atoms with Crippen molar-refractivity contribution in [2.75, 3.05) is 36.9 Å². The normalized spacial score (nSPS) is 27.8. The fraction of sp³-hybridized carbons (Fsp3) is 0.581. The molecule has 3 fully saturated rings. The summed E-state index contributed by atoms with van der Waals surface area (Å²) in [5.74, 6) is -2.32. The largest absolute Gasteiger partial charge is 0.472 e. The van der Waals surface area contributed by atoms with Crippen LogP contribution < -0.4 is 25.4 Å². The monoisotopic (exact) mass is 651 g/mol. The molecular formula is C31H35F6N7O2. The van der Waals surface area contributed by atoms with Crippen molar-refractivity contribution in [2.45, 2.75) is 89.1 Å². The van der Waals surface area contributed by atoms with E-state index < -0.39 is 58.2 Å². The van der Waals surface area contributed by atoms with Gasteiger partial charge >= 0.3 is 12.2 Å². The predicted octanol–water partition coefficient (Wildman–Crippen LogP) is 5.17. The highest BCUT2D eigenvalue weighted by Crippen LogP contribution is 2.46. The molecule has 0 aliphatic carbocycles. The number of halogens is 6. The molecule has 0 unspecified atom stereocenters. The molecule has 0 saturated carbocycles. The Labute approximate surface area is 261 Å². The third-order valence-electron chi connectivity index (χ3n) is 9.95. The molecule has 248 valence electrons. The fourth-order valence-electron chi connectivity index (χ4n) is 7.58. The molecule has 6 heterocycles. The number of piperazine rings is 1. The van der Waals surface area contributed by atoms with E-state index in [4.69, 9.17) is 20.2 Å². The molecule has 3 N–H and O–H groups in total. The number of aromatic nitrogens is 3. The molecule has 0 bridgehead atoms. The van der Waals surface area contributed by atoms with Gasteiger partial charge in [-0.3, -0.25) is 4.90 Å². The number of alkyl halides is 4. The fourth-order valence-corrected chi connectivity index (χ4v) is 7.58. The second-order valence-electron chi connectivity index (χ2n) is 12.7. The van der Waals surface area contributed by atoms with E-state index in [9.17, 15) is 22.0 Å². The van der Waals surface area contributed by atoms with Crippen LogP contribution in [0.15, 0.2) is 6.07 Å². The van der Waals surface area contributed by atoms with E-state index in [-0.39, 0.29) is 65.8 Å². The van der Waals surface area contributed by atoms with Crippen LogP contribution in [-0.4, -0.2) is 82.5 Å². The van der Waals surface area contributed by atoms with E-state index in [2.05, 4.69) is 20.2 Å². The number of hydrogen-bond acceptors (Lipinski definition) is 9. The first kappa shape index (κ1) is 31.0. The number of nitrogens with zero attached hydrogens (tertiary/aromatic N) is 5. The van der Waals surface area contributed by atoms with E-state index in [0.717, 1.165) is 38.8 Å². The van der Waals surface area contributed by atoms with Crippen LogP contribution in [0.5, 0.6) is 11.9 Å². The van der Waals surface area contributed by atoms with E-state index in [1.807, 2.05) is 11.8 Å². The maximum absolute atomic E-state index is 16.7.